The van der Waals surface area contributed by atoms with Gasteiger partial charge in [0.05, 0.1) is 5.92 Å². The van der Waals surface area contributed by atoms with Crippen LogP contribution in [0.2, 0.25) is 0 Å². The maximum atomic E-state index is 10.6. The smallest absolute Gasteiger partial charge is 0.307 e. The number of nitrogens with one attached hydrogen (secondary N) is 1. The van der Waals surface area contributed by atoms with Crippen molar-refractivity contribution >= 4 is 5.97 Å². The van der Waals surface area contributed by atoms with E-state index in [1.807, 2.05) is 0 Å². The van der Waals surface area contributed by atoms with Gasteiger partial charge in [-0.15, -0.1) is 0 Å². The quantitative estimate of drug-likeness (QED) is 0.593. The van der Waals surface area contributed by atoms with Crippen LogP contribution in [0, 0.1) is 5.92 Å². The lowest BCUT2D eigenvalue weighted by Crippen LogP contribution is -2.30. The molecule has 1 unspecified atom stereocenters. The Morgan fingerprint density at radius 3 is 2.91 bits per heavy atom. The van der Waals surface area contributed by atoms with Crippen LogP contribution >= 0.6 is 0 Å². The van der Waals surface area contributed by atoms with Crippen molar-refractivity contribution in [3.05, 3.63) is 0 Å². The van der Waals surface area contributed by atoms with Gasteiger partial charge in [0.15, 0.2) is 0 Å². The third kappa shape index (κ3) is 2.89. The first-order chi connectivity index (χ1) is 5.30. The summed E-state index contributed by atoms with van der Waals surface area (Å²) in [5.41, 5.74) is 0. The van der Waals surface area contributed by atoms with E-state index < -0.39 is 5.97 Å². The Balaban J connectivity index is 2.32. The van der Waals surface area contributed by atoms with Crippen LogP contribution in [-0.4, -0.2) is 24.2 Å². The number of hydrogen-bond acceptors (Lipinski definition) is 2. The first-order valence-electron chi connectivity index (χ1n) is 4.24. The molecule has 1 saturated heterocycles. The molecule has 0 aliphatic carbocycles. The van der Waals surface area contributed by atoms with Crippen LogP contribution in [0.25, 0.3) is 0 Å². The molecule has 1 aliphatic rings. The van der Waals surface area contributed by atoms with Crippen molar-refractivity contribution in [2.24, 2.45) is 5.92 Å². The molecule has 1 atom stereocenters. The molecule has 1 rings (SSSR count). The molecule has 3 heteroatoms. The summed E-state index contributed by atoms with van der Waals surface area (Å²) in [5.74, 6) is -0.810. The minimum absolute atomic E-state index is 0.157. The fourth-order valence-corrected chi connectivity index (χ4v) is 1.41. The van der Waals surface area contributed by atoms with Gasteiger partial charge in [0.2, 0.25) is 0 Å². The molecular formula is C8H15NO2. The highest BCUT2D eigenvalue weighted by Crippen LogP contribution is 2.11. The van der Waals surface area contributed by atoms with Crippen LogP contribution in [0.1, 0.15) is 25.7 Å². The van der Waals surface area contributed by atoms with Crippen LogP contribution < -0.4 is 5.32 Å². The number of carboxylic acids is 1. The van der Waals surface area contributed by atoms with Crippen molar-refractivity contribution in [1.82, 2.24) is 5.32 Å². The highest BCUT2D eigenvalue weighted by molar-refractivity contribution is 5.70. The minimum Gasteiger partial charge on any atom is -0.481 e. The molecule has 1 heterocycles. The minimum atomic E-state index is -0.653. The zero-order valence-electron chi connectivity index (χ0n) is 6.68. The zero-order chi connectivity index (χ0) is 8.10. The normalized spacial score (nSPS) is 27.1. The Labute approximate surface area is 66.8 Å². The summed E-state index contributed by atoms with van der Waals surface area (Å²) in [6.07, 6.45) is 4.25. The van der Waals surface area contributed by atoms with Gasteiger partial charge in [0.1, 0.15) is 0 Å². The lowest BCUT2D eigenvalue weighted by molar-refractivity contribution is -0.141. The van der Waals surface area contributed by atoms with E-state index in [1.54, 1.807) is 0 Å². The number of carbonyl (C=O) groups is 1. The molecule has 11 heavy (non-hydrogen) atoms. The fourth-order valence-electron chi connectivity index (χ4n) is 1.41. The molecule has 0 spiro atoms. The van der Waals surface area contributed by atoms with Gasteiger partial charge in [-0.3, -0.25) is 4.79 Å². The molecule has 0 aromatic carbocycles. The zero-order valence-corrected chi connectivity index (χ0v) is 6.68. The van der Waals surface area contributed by atoms with Crippen LogP contribution in [-0.2, 0) is 4.79 Å². The van der Waals surface area contributed by atoms with Crippen molar-refractivity contribution in [1.29, 1.82) is 0 Å². The van der Waals surface area contributed by atoms with Crippen molar-refractivity contribution < 1.29 is 9.90 Å². The van der Waals surface area contributed by atoms with E-state index in [0.29, 0.717) is 6.54 Å². The fraction of sp³-hybridized carbons (Fsp3) is 0.875. The first-order valence-corrected chi connectivity index (χ1v) is 4.24. The summed E-state index contributed by atoms with van der Waals surface area (Å²) in [4.78, 5) is 10.6. The van der Waals surface area contributed by atoms with E-state index in [9.17, 15) is 4.79 Å². The topological polar surface area (TPSA) is 49.3 Å². The van der Waals surface area contributed by atoms with Crippen molar-refractivity contribution in [3.8, 4) is 0 Å². The number of carboxylic acid groups (broad SMARTS) is 1. The second-order valence-corrected chi connectivity index (χ2v) is 3.09. The molecule has 0 bridgehead atoms. The Kier molecular flexibility index (Phi) is 3.36. The molecule has 2 N–H and O–H groups in total. The summed E-state index contributed by atoms with van der Waals surface area (Å²) in [6, 6.07) is 0. The second kappa shape index (κ2) is 4.34. The van der Waals surface area contributed by atoms with Crippen molar-refractivity contribution in [3.63, 3.8) is 0 Å². The van der Waals surface area contributed by atoms with E-state index in [1.165, 1.54) is 6.42 Å². The number of aliphatic carboxylic acids is 1. The van der Waals surface area contributed by atoms with E-state index >= 15 is 0 Å². The van der Waals surface area contributed by atoms with Gasteiger partial charge in [0, 0.05) is 6.54 Å². The molecule has 0 saturated carbocycles. The first kappa shape index (κ1) is 8.53. The van der Waals surface area contributed by atoms with E-state index in [4.69, 9.17) is 5.11 Å². The van der Waals surface area contributed by atoms with Gasteiger partial charge < -0.3 is 10.4 Å². The number of rotatable bonds is 1. The Bertz CT molecular complexity index is 128. The van der Waals surface area contributed by atoms with Gasteiger partial charge in [0.25, 0.3) is 0 Å². The molecule has 1 aliphatic heterocycles. The molecule has 0 radical (unpaired) electrons. The van der Waals surface area contributed by atoms with E-state index in [2.05, 4.69) is 5.32 Å². The second-order valence-electron chi connectivity index (χ2n) is 3.09. The third-order valence-electron chi connectivity index (χ3n) is 2.15. The Hall–Kier alpha value is -0.570. The predicted octanol–water partition coefficient (Wildman–Crippen LogP) is 0.851. The predicted molar refractivity (Wildman–Crippen MR) is 42.5 cm³/mol. The van der Waals surface area contributed by atoms with Crippen molar-refractivity contribution in [2.75, 3.05) is 13.1 Å². The van der Waals surface area contributed by atoms with E-state index in [-0.39, 0.29) is 5.92 Å². The summed E-state index contributed by atoms with van der Waals surface area (Å²) in [6.45, 7) is 1.62. The Morgan fingerprint density at radius 2 is 2.18 bits per heavy atom. The largest absolute Gasteiger partial charge is 0.481 e. The third-order valence-corrected chi connectivity index (χ3v) is 2.15. The van der Waals surface area contributed by atoms with Gasteiger partial charge >= 0.3 is 5.97 Å². The lowest BCUT2D eigenvalue weighted by Gasteiger charge is -2.16. The van der Waals surface area contributed by atoms with Crippen LogP contribution in [0.5, 0.6) is 0 Å². The average Bonchev–Trinajstić information content (AvgIpc) is 1.84. The standard InChI is InChI=1S/C8H15NO2/c10-8(11)7-4-2-1-3-5-9-6-7/h7,9H,1-6H2,(H,10,11). The molecule has 64 valence electrons. The average molecular weight is 157 g/mol. The summed E-state index contributed by atoms with van der Waals surface area (Å²) in [7, 11) is 0. The van der Waals surface area contributed by atoms with Crippen molar-refractivity contribution in [2.45, 2.75) is 25.7 Å². The summed E-state index contributed by atoms with van der Waals surface area (Å²) >= 11 is 0. The maximum Gasteiger partial charge on any atom is 0.307 e. The molecule has 0 aromatic rings. The van der Waals surface area contributed by atoms with Crippen LogP contribution in [0.4, 0.5) is 0 Å². The maximum absolute atomic E-state index is 10.6. The highest BCUT2D eigenvalue weighted by atomic mass is 16.4. The van der Waals surface area contributed by atoms with Crippen LogP contribution in [0.15, 0.2) is 0 Å². The van der Waals surface area contributed by atoms with Crippen LogP contribution in [0.3, 0.4) is 0 Å². The van der Waals surface area contributed by atoms with Gasteiger partial charge in [-0.05, 0) is 19.4 Å². The van der Waals surface area contributed by atoms with Gasteiger partial charge in [-0.2, -0.15) is 0 Å². The number of hydrogen-bond donors (Lipinski definition) is 2. The summed E-state index contributed by atoms with van der Waals surface area (Å²) in [5, 5.41) is 11.9. The molecular weight excluding hydrogens is 142 g/mol. The van der Waals surface area contributed by atoms with Gasteiger partial charge in [-0.1, -0.05) is 12.8 Å². The van der Waals surface area contributed by atoms with E-state index in [0.717, 1.165) is 25.8 Å². The highest BCUT2D eigenvalue weighted by Gasteiger charge is 2.17. The Morgan fingerprint density at radius 1 is 1.36 bits per heavy atom. The molecule has 3 nitrogen and oxygen atoms in total. The monoisotopic (exact) mass is 157 g/mol. The van der Waals surface area contributed by atoms with Gasteiger partial charge in [-0.25, -0.2) is 0 Å². The molecule has 1 fully saturated rings. The lowest BCUT2D eigenvalue weighted by atomic mass is 9.99. The summed E-state index contributed by atoms with van der Waals surface area (Å²) < 4.78 is 0. The molecule has 0 aromatic heterocycles. The molecule has 0 amide bonds. The SMILES string of the molecule is O=C(O)C1CCCCCNC1.